The minimum absolute atomic E-state index is 0.871. The third kappa shape index (κ3) is 12.2. The van der Waals surface area contributed by atoms with Crippen molar-refractivity contribution in [3.63, 3.8) is 0 Å². The molecule has 17 heavy (non-hydrogen) atoms. The quantitative estimate of drug-likeness (QED) is 0.436. The van der Waals surface area contributed by atoms with Gasteiger partial charge in [-0.25, -0.2) is 0 Å². The van der Waals surface area contributed by atoms with E-state index in [4.69, 9.17) is 5.73 Å². The van der Waals surface area contributed by atoms with Crippen LogP contribution in [0.25, 0.3) is 0 Å². The van der Waals surface area contributed by atoms with Gasteiger partial charge in [-0.2, -0.15) is 0 Å². The van der Waals surface area contributed by atoms with Gasteiger partial charge in [-0.3, -0.25) is 0 Å². The van der Waals surface area contributed by atoms with Gasteiger partial charge in [0.1, 0.15) is 0 Å². The fourth-order valence-corrected chi connectivity index (χ4v) is 2.71. The lowest BCUT2D eigenvalue weighted by molar-refractivity contribution is 0.390. The summed E-state index contributed by atoms with van der Waals surface area (Å²) in [5.41, 5.74) is 5.48. The van der Waals surface area contributed by atoms with E-state index >= 15 is 0 Å². The van der Waals surface area contributed by atoms with Crippen molar-refractivity contribution >= 4 is 0 Å². The molecule has 0 unspecified atom stereocenters. The Balaban J connectivity index is 3.23. The van der Waals surface area contributed by atoms with E-state index in [2.05, 4.69) is 13.8 Å². The summed E-state index contributed by atoms with van der Waals surface area (Å²) in [6.45, 7) is 5.51. The van der Waals surface area contributed by atoms with E-state index in [1.807, 2.05) is 0 Å². The predicted molar refractivity (Wildman–Crippen MR) is 79.3 cm³/mol. The maximum absolute atomic E-state index is 5.48. The van der Waals surface area contributed by atoms with Crippen LogP contribution in [0, 0.1) is 5.92 Å². The highest BCUT2D eigenvalue weighted by Crippen LogP contribution is 2.21. The highest BCUT2D eigenvalue weighted by Gasteiger charge is 2.05. The van der Waals surface area contributed by atoms with Crippen molar-refractivity contribution in [3.8, 4) is 0 Å². The molecule has 2 N–H and O–H groups in total. The average Bonchev–Trinajstić information content (AvgIpc) is 2.33. The van der Waals surface area contributed by atoms with E-state index in [9.17, 15) is 0 Å². The summed E-state index contributed by atoms with van der Waals surface area (Å²) in [5.74, 6) is 1.02. The number of unbranched alkanes of at least 4 members (excludes halogenated alkanes) is 6. The van der Waals surface area contributed by atoms with E-state index in [1.54, 1.807) is 0 Å². The highest BCUT2D eigenvalue weighted by molar-refractivity contribution is 4.59. The Kier molecular flexibility index (Phi) is 14.0. The van der Waals surface area contributed by atoms with Crippen LogP contribution in [-0.2, 0) is 0 Å². The summed E-state index contributed by atoms with van der Waals surface area (Å²) in [5, 5.41) is 0. The summed E-state index contributed by atoms with van der Waals surface area (Å²) < 4.78 is 0. The zero-order valence-corrected chi connectivity index (χ0v) is 12.3. The summed E-state index contributed by atoms with van der Waals surface area (Å²) in [4.78, 5) is 0. The van der Waals surface area contributed by atoms with Crippen LogP contribution >= 0.6 is 0 Å². The molecule has 0 fully saturated rings. The van der Waals surface area contributed by atoms with Gasteiger partial charge in [0.15, 0.2) is 0 Å². The Morgan fingerprint density at radius 3 is 1.59 bits per heavy atom. The maximum atomic E-state index is 5.48. The summed E-state index contributed by atoms with van der Waals surface area (Å²) in [6.07, 6.45) is 16.8. The zero-order chi connectivity index (χ0) is 12.8. The molecule has 104 valence electrons. The Morgan fingerprint density at radius 1 is 0.647 bits per heavy atom. The van der Waals surface area contributed by atoms with Gasteiger partial charge >= 0.3 is 0 Å². The number of rotatable bonds is 13. The Hall–Kier alpha value is -0.0400. The van der Waals surface area contributed by atoms with Crippen molar-refractivity contribution in [3.05, 3.63) is 0 Å². The van der Waals surface area contributed by atoms with Crippen molar-refractivity contribution in [2.24, 2.45) is 11.7 Å². The molecular weight excluding hydrogens is 206 g/mol. The van der Waals surface area contributed by atoms with Crippen LogP contribution in [0.2, 0.25) is 0 Å². The second-order valence-electron chi connectivity index (χ2n) is 5.50. The molecule has 0 aliphatic heterocycles. The van der Waals surface area contributed by atoms with Crippen LogP contribution in [0.5, 0.6) is 0 Å². The van der Waals surface area contributed by atoms with Gasteiger partial charge in [-0.15, -0.1) is 0 Å². The van der Waals surface area contributed by atoms with Gasteiger partial charge in [0, 0.05) is 0 Å². The van der Waals surface area contributed by atoms with E-state index in [0.29, 0.717) is 0 Å². The van der Waals surface area contributed by atoms with Crippen LogP contribution in [0.3, 0.4) is 0 Å². The van der Waals surface area contributed by atoms with Gasteiger partial charge in [-0.05, 0) is 18.9 Å². The lowest BCUT2D eigenvalue weighted by atomic mass is 9.92. The molecule has 0 bridgehead atoms. The number of hydrogen-bond donors (Lipinski definition) is 1. The third-order valence-electron chi connectivity index (χ3n) is 3.71. The minimum atomic E-state index is 0.871. The van der Waals surface area contributed by atoms with Gasteiger partial charge in [0.2, 0.25) is 0 Å². The second-order valence-corrected chi connectivity index (χ2v) is 5.50. The fourth-order valence-electron chi connectivity index (χ4n) is 2.71. The van der Waals surface area contributed by atoms with Gasteiger partial charge in [0.25, 0.3) is 0 Å². The first kappa shape index (κ1) is 17.0. The third-order valence-corrected chi connectivity index (χ3v) is 3.71. The average molecular weight is 241 g/mol. The molecular formula is C16H35N. The first-order valence-corrected chi connectivity index (χ1v) is 8.05. The molecule has 1 heteroatoms. The lowest BCUT2D eigenvalue weighted by Gasteiger charge is -2.14. The lowest BCUT2D eigenvalue weighted by Crippen LogP contribution is -1.99. The van der Waals surface area contributed by atoms with E-state index < -0.39 is 0 Å². The van der Waals surface area contributed by atoms with Crippen LogP contribution < -0.4 is 5.73 Å². The van der Waals surface area contributed by atoms with E-state index in [0.717, 1.165) is 12.5 Å². The Morgan fingerprint density at radius 2 is 1.12 bits per heavy atom. The smallest absolute Gasteiger partial charge is 0.00773 e. The van der Waals surface area contributed by atoms with Crippen molar-refractivity contribution in [1.29, 1.82) is 0 Å². The molecule has 0 spiro atoms. The largest absolute Gasteiger partial charge is 0.330 e. The molecule has 0 aliphatic rings. The molecule has 0 aromatic rings. The predicted octanol–water partition coefficient (Wildman–Crippen LogP) is 5.28. The summed E-state index contributed by atoms with van der Waals surface area (Å²) in [6, 6.07) is 0. The molecule has 0 radical (unpaired) electrons. The first-order chi connectivity index (χ1) is 8.35. The molecule has 0 amide bonds. The Labute approximate surface area is 110 Å². The van der Waals surface area contributed by atoms with E-state index in [-0.39, 0.29) is 0 Å². The zero-order valence-electron chi connectivity index (χ0n) is 12.3. The van der Waals surface area contributed by atoms with Gasteiger partial charge in [0.05, 0.1) is 0 Å². The molecule has 1 nitrogen and oxygen atoms in total. The first-order valence-electron chi connectivity index (χ1n) is 8.05. The van der Waals surface area contributed by atoms with Crippen LogP contribution in [0.1, 0.15) is 90.9 Å². The van der Waals surface area contributed by atoms with Crippen molar-refractivity contribution in [1.82, 2.24) is 0 Å². The second kappa shape index (κ2) is 14.0. The number of nitrogens with two attached hydrogens (primary N) is 1. The molecule has 0 saturated carbocycles. The standard InChI is InChI=1S/C16H35N/c1-3-12-16(13-4-2)14-10-8-6-5-7-9-11-15-17/h16H,3-15,17H2,1-2H3. The molecule has 0 rings (SSSR count). The molecule has 0 saturated heterocycles. The van der Waals surface area contributed by atoms with Crippen molar-refractivity contribution < 1.29 is 0 Å². The SMILES string of the molecule is CCCC(CCC)CCCCCCCCCN. The molecule has 0 aliphatic carbocycles. The van der Waals surface area contributed by atoms with Crippen LogP contribution in [-0.4, -0.2) is 6.54 Å². The number of hydrogen-bond acceptors (Lipinski definition) is 1. The topological polar surface area (TPSA) is 26.0 Å². The monoisotopic (exact) mass is 241 g/mol. The molecule has 0 heterocycles. The maximum Gasteiger partial charge on any atom is -0.00773 e. The van der Waals surface area contributed by atoms with Crippen molar-refractivity contribution in [2.75, 3.05) is 6.54 Å². The molecule has 0 aromatic carbocycles. The summed E-state index contributed by atoms with van der Waals surface area (Å²) in [7, 11) is 0. The van der Waals surface area contributed by atoms with Gasteiger partial charge in [-0.1, -0.05) is 84.5 Å². The van der Waals surface area contributed by atoms with Crippen LogP contribution in [0.15, 0.2) is 0 Å². The minimum Gasteiger partial charge on any atom is -0.330 e. The van der Waals surface area contributed by atoms with Crippen molar-refractivity contribution in [2.45, 2.75) is 90.9 Å². The molecule has 0 aromatic heterocycles. The fraction of sp³-hybridized carbons (Fsp3) is 1.00. The summed E-state index contributed by atoms with van der Waals surface area (Å²) >= 11 is 0. The van der Waals surface area contributed by atoms with Crippen LogP contribution in [0.4, 0.5) is 0 Å². The normalized spacial score (nSPS) is 11.3. The van der Waals surface area contributed by atoms with Gasteiger partial charge < -0.3 is 5.73 Å². The molecule has 0 atom stereocenters. The Bertz CT molecular complexity index is 127. The van der Waals surface area contributed by atoms with E-state index in [1.165, 1.54) is 77.0 Å². The highest BCUT2D eigenvalue weighted by atomic mass is 14.5.